The normalized spacial score (nSPS) is 18.2. The van der Waals surface area contributed by atoms with Crippen LogP contribution in [0.5, 0.6) is 0 Å². The van der Waals surface area contributed by atoms with Gasteiger partial charge >= 0.3 is 6.18 Å². The molecule has 0 spiro atoms. The molecular weight excluding hydrogens is 357 g/mol. The van der Waals surface area contributed by atoms with Crippen molar-refractivity contribution in [2.45, 2.75) is 30.2 Å². The number of rotatable bonds is 3. The fourth-order valence-electron chi connectivity index (χ4n) is 3.03. The standard InChI is InChI=1S/C14H17F3N6OS/c1-21-11(18-19-13(21)25-3)8-5-4-6-23(8)12(24)9-7-10(14(15,16)17)20-22(9)2/h7-8H,4-6H2,1-3H3/t8-/m0/s1. The van der Waals surface area contributed by atoms with Gasteiger partial charge in [-0.3, -0.25) is 9.48 Å². The van der Waals surface area contributed by atoms with Crippen LogP contribution in [-0.2, 0) is 20.3 Å². The molecule has 2 aromatic rings. The van der Waals surface area contributed by atoms with E-state index in [0.29, 0.717) is 23.9 Å². The second-order valence-corrected chi connectivity index (χ2v) is 6.57. The number of aromatic nitrogens is 5. The van der Waals surface area contributed by atoms with E-state index in [9.17, 15) is 18.0 Å². The zero-order valence-electron chi connectivity index (χ0n) is 13.9. The molecule has 0 aliphatic carbocycles. The Hall–Kier alpha value is -2.04. The maximum Gasteiger partial charge on any atom is 0.435 e. The molecule has 1 fully saturated rings. The zero-order chi connectivity index (χ0) is 18.4. The van der Waals surface area contributed by atoms with Gasteiger partial charge in [0.15, 0.2) is 16.7 Å². The monoisotopic (exact) mass is 374 g/mol. The molecular formula is C14H17F3N6OS. The van der Waals surface area contributed by atoms with Crippen LogP contribution in [0.1, 0.15) is 40.9 Å². The molecule has 1 aliphatic heterocycles. The van der Waals surface area contributed by atoms with Gasteiger partial charge in [0.1, 0.15) is 5.69 Å². The Morgan fingerprint density at radius 1 is 1.32 bits per heavy atom. The van der Waals surface area contributed by atoms with Crippen molar-refractivity contribution in [1.29, 1.82) is 0 Å². The van der Waals surface area contributed by atoms with Crippen molar-refractivity contribution in [3.63, 3.8) is 0 Å². The van der Waals surface area contributed by atoms with Gasteiger partial charge < -0.3 is 9.47 Å². The van der Waals surface area contributed by atoms with E-state index in [1.807, 2.05) is 17.9 Å². The lowest BCUT2D eigenvalue weighted by Crippen LogP contribution is -2.33. The molecule has 136 valence electrons. The number of amides is 1. The molecule has 0 radical (unpaired) electrons. The van der Waals surface area contributed by atoms with E-state index in [1.54, 1.807) is 4.90 Å². The highest BCUT2D eigenvalue weighted by Crippen LogP contribution is 2.34. The van der Waals surface area contributed by atoms with Crippen LogP contribution in [0.3, 0.4) is 0 Å². The smallest absolute Gasteiger partial charge is 0.327 e. The minimum Gasteiger partial charge on any atom is -0.327 e. The third-order valence-corrected chi connectivity index (χ3v) is 4.97. The summed E-state index contributed by atoms with van der Waals surface area (Å²) < 4.78 is 41.3. The predicted molar refractivity (Wildman–Crippen MR) is 84.0 cm³/mol. The van der Waals surface area contributed by atoms with Crippen LogP contribution in [-0.4, -0.2) is 48.2 Å². The van der Waals surface area contributed by atoms with Crippen LogP contribution in [0.4, 0.5) is 13.2 Å². The van der Waals surface area contributed by atoms with Crippen molar-refractivity contribution in [2.75, 3.05) is 12.8 Å². The Labute approximate surface area is 146 Å². The number of hydrogen-bond acceptors (Lipinski definition) is 5. The van der Waals surface area contributed by atoms with Gasteiger partial charge in [0.2, 0.25) is 0 Å². The minimum absolute atomic E-state index is 0.0912. The Morgan fingerprint density at radius 2 is 2.04 bits per heavy atom. The van der Waals surface area contributed by atoms with E-state index in [-0.39, 0.29) is 11.7 Å². The van der Waals surface area contributed by atoms with Crippen LogP contribution < -0.4 is 0 Å². The SMILES string of the molecule is CSc1nnc([C@@H]2CCCN2C(=O)c2cc(C(F)(F)F)nn2C)n1C. The maximum absolute atomic E-state index is 12.8. The number of aryl methyl sites for hydroxylation is 1. The van der Waals surface area contributed by atoms with Crippen LogP contribution in [0.2, 0.25) is 0 Å². The molecule has 2 aromatic heterocycles. The summed E-state index contributed by atoms with van der Waals surface area (Å²) in [5.41, 5.74) is -1.16. The lowest BCUT2D eigenvalue weighted by molar-refractivity contribution is -0.141. The first-order valence-corrected chi connectivity index (χ1v) is 8.82. The average molecular weight is 374 g/mol. The van der Waals surface area contributed by atoms with Gasteiger partial charge in [-0.1, -0.05) is 11.8 Å². The molecule has 7 nitrogen and oxygen atoms in total. The summed E-state index contributed by atoms with van der Waals surface area (Å²) in [7, 11) is 3.15. The van der Waals surface area contributed by atoms with E-state index in [4.69, 9.17) is 0 Å². The summed E-state index contributed by atoms with van der Waals surface area (Å²) in [4.78, 5) is 14.4. The fraction of sp³-hybridized carbons (Fsp3) is 0.571. The molecule has 25 heavy (non-hydrogen) atoms. The number of alkyl halides is 3. The molecule has 0 unspecified atom stereocenters. The van der Waals surface area contributed by atoms with Crippen molar-refractivity contribution < 1.29 is 18.0 Å². The third-order valence-electron chi connectivity index (χ3n) is 4.25. The molecule has 3 heterocycles. The second kappa shape index (κ2) is 6.36. The summed E-state index contributed by atoms with van der Waals surface area (Å²) >= 11 is 1.44. The van der Waals surface area contributed by atoms with Gasteiger partial charge in [-0.25, -0.2) is 0 Å². The first kappa shape index (κ1) is 17.8. The number of likely N-dealkylation sites (tertiary alicyclic amines) is 1. The Kier molecular flexibility index (Phi) is 4.52. The zero-order valence-corrected chi connectivity index (χ0v) is 14.7. The predicted octanol–water partition coefficient (Wildman–Crippen LogP) is 2.27. The lowest BCUT2D eigenvalue weighted by atomic mass is 10.2. The average Bonchev–Trinajstić information content (AvgIpc) is 3.23. The molecule has 1 amide bonds. The Balaban J connectivity index is 1.91. The summed E-state index contributed by atoms with van der Waals surface area (Å²) in [5.74, 6) is 0.148. The number of halogens is 3. The van der Waals surface area contributed by atoms with Gasteiger partial charge in [-0.15, -0.1) is 10.2 Å². The maximum atomic E-state index is 12.8. The number of nitrogens with zero attached hydrogens (tertiary/aromatic N) is 6. The summed E-state index contributed by atoms with van der Waals surface area (Å²) in [6, 6.07) is 0.483. The van der Waals surface area contributed by atoms with Crippen LogP contribution >= 0.6 is 11.8 Å². The van der Waals surface area contributed by atoms with Gasteiger partial charge in [-0.05, 0) is 19.1 Å². The van der Waals surface area contributed by atoms with Gasteiger partial charge in [0.05, 0.1) is 6.04 Å². The summed E-state index contributed by atoms with van der Waals surface area (Å²) in [5, 5.41) is 12.4. The summed E-state index contributed by atoms with van der Waals surface area (Å²) in [6.07, 6.45) is -1.27. The van der Waals surface area contributed by atoms with Crippen molar-refractivity contribution >= 4 is 17.7 Å². The highest BCUT2D eigenvalue weighted by Gasteiger charge is 2.39. The first-order valence-electron chi connectivity index (χ1n) is 7.59. The second-order valence-electron chi connectivity index (χ2n) is 5.80. The molecule has 1 saturated heterocycles. The molecule has 1 atom stereocenters. The van der Waals surface area contributed by atoms with Gasteiger partial charge in [-0.2, -0.15) is 18.3 Å². The lowest BCUT2D eigenvalue weighted by Gasteiger charge is -2.23. The minimum atomic E-state index is -4.59. The quantitative estimate of drug-likeness (QED) is 0.771. The van der Waals surface area contributed by atoms with E-state index >= 15 is 0 Å². The van der Waals surface area contributed by atoms with Gasteiger partial charge in [0.25, 0.3) is 5.91 Å². The number of thioether (sulfide) groups is 1. The van der Waals surface area contributed by atoms with Crippen LogP contribution in [0.15, 0.2) is 11.2 Å². The largest absolute Gasteiger partial charge is 0.435 e. The number of hydrogen-bond donors (Lipinski definition) is 0. The molecule has 0 saturated carbocycles. The number of carbonyl (C=O) groups excluding carboxylic acids is 1. The Bertz CT molecular complexity index is 799. The van der Waals surface area contributed by atoms with E-state index in [1.165, 1.54) is 18.8 Å². The molecule has 1 aliphatic rings. The van der Waals surface area contributed by atoms with Crippen LogP contribution in [0, 0.1) is 0 Å². The van der Waals surface area contributed by atoms with Crippen molar-refractivity contribution in [3.05, 3.63) is 23.3 Å². The van der Waals surface area contributed by atoms with Crippen molar-refractivity contribution in [3.8, 4) is 0 Å². The highest BCUT2D eigenvalue weighted by atomic mass is 32.2. The first-order chi connectivity index (χ1) is 11.7. The molecule has 11 heteroatoms. The Morgan fingerprint density at radius 3 is 2.60 bits per heavy atom. The molecule has 0 aromatic carbocycles. The van der Waals surface area contributed by atoms with Crippen LogP contribution in [0.25, 0.3) is 0 Å². The summed E-state index contributed by atoms with van der Waals surface area (Å²) in [6.45, 7) is 0.456. The molecule has 0 bridgehead atoms. The van der Waals surface area contributed by atoms with E-state index in [2.05, 4.69) is 15.3 Å². The number of carbonyl (C=O) groups is 1. The van der Waals surface area contributed by atoms with Crippen molar-refractivity contribution in [1.82, 2.24) is 29.4 Å². The van der Waals surface area contributed by atoms with E-state index in [0.717, 1.165) is 17.2 Å². The van der Waals surface area contributed by atoms with Gasteiger partial charge in [0, 0.05) is 26.7 Å². The fourth-order valence-corrected chi connectivity index (χ4v) is 3.52. The third kappa shape index (κ3) is 3.12. The van der Waals surface area contributed by atoms with Crippen molar-refractivity contribution in [2.24, 2.45) is 14.1 Å². The van der Waals surface area contributed by atoms with E-state index < -0.39 is 17.8 Å². The topological polar surface area (TPSA) is 68.8 Å². The molecule has 3 rings (SSSR count). The highest BCUT2D eigenvalue weighted by molar-refractivity contribution is 7.98. The molecule has 0 N–H and O–H groups in total.